The third kappa shape index (κ3) is 4.08. The molecule has 30 heavy (non-hydrogen) atoms. The number of fused-ring (bicyclic) bond motifs is 1. The molecule has 0 amide bonds. The fourth-order valence-corrected chi connectivity index (χ4v) is 4.11. The Bertz CT molecular complexity index is 1340. The van der Waals surface area contributed by atoms with E-state index < -0.39 is 10.0 Å². The Labute approximate surface area is 180 Å². The Morgan fingerprint density at radius 1 is 0.800 bits per heavy atom. The highest BCUT2D eigenvalue weighted by atomic mass is 35.5. The van der Waals surface area contributed by atoms with Gasteiger partial charge in [0, 0.05) is 10.7 Å². The molecule has 8 heteroatoms. The minimum absolute atomic E-state index is 0.0829. The van der Waals surface area contributed by atoms with E-state index in [-0.39, 0.29) is 10.7 Å². The summed E-state index contributed by atoms with van der Waals surface area (Å²) in [7, 11) is -3.88. The van der Waals surface area contributed by atoms with Gasteiger partial charge in [-0.25, -0.2) is 18.4 Å². The van der Waals surface area contributed by atoms with Crippen molar-refractivity contribution in [2.45, 2.75) is 18.7 Å². The number of anilines is 3. The number of nitrogens with zero attached hydrogens (tertiary/aromatic N) is 2. The molecule has 6 nitrogen and oxygen atoms in total. The van der Waals surface area contributed by atoms with Crippen LogP contribution in [0.1, 0.15) is 11.1 Å². The van der Waals surface area contributed by atoms with Crippen LogP contribution in [0.2, 0.25) is 5.02 Å². The van der Waals surface area contributed by atoms with Crippen molar-refractivity contribution in [1.29, 1.82) is 0 Å². The van der Waals surface area contributed by atoms with Gasteiger partial charge in [-0.2, -0.15) is 0 Å². The molecular weight excluding hydrogens is 420 g/mol. The van der Waals surface area contributed by atoms with E-state index in [0.29, 0.717) is 21.9 Å². The molecule has 0 bridgehead atoms. The van der Waals surface area contributed by atoms with Crippen molar-refractivity contribution in [3.63, 3.8) is 0 Å². The molecule has 0 saturated heterocycles. The number of rotatable bonds is 5. The monoisotopic (exact) mass is 438 g/mol. The van der Waals surface area contributed by atoms with Crippen LogP contribution in [-0.4, -0.2) is 18.4 Å². The third-order valence-corrected chi connectivity index (χ3v) is 6.39. The fraction of sp³-hybridized carbons (Fsp3) is 0.0909. The molecule has 1 heterocycles. The zero-order valence-electron chi connectivity index (χ0n) is 16.3. The lowest BCUT2D eigenvalue weighted by Gasteiger charge is -2.15. The van der Waals surface area contributed by atoms with E-state index in [1.165, 1.54) is 24.3 Å². The molecule has 0 unspecified atom stereocenters. The van der Waals surface area contributed by atoms with Crippen LogP contribution in [0.3, 0.4) is 0 Å². The maximum Gasteiger partial charge on any atom is 0.263 e. The lowest BCUT2D eigenvalue weighted by atomic mass is 10.1. The third-order valence-electron chi connectivity index (χ3n) is 4.78. The van der Waals surface area contributed by atoms with Gasteiger partial charge in [0.05, 0.1) is 15.9 Å². The smallest absolute Gasteiger partial charge is 0.263 e. The van der Waals surface area contributed by atoms with Crippen molar-refractivity contribution in [2.75, 3.05) is 10.0 Å². The average molecular weight is 439 g/mol. The quantitative estimate of drug-likeness (QED) is 0.433. The van der Waals surface area contributed by atoms with Gasteiger partial charge in [0.15, 0.2) is 11.6 Å². The number of aromatic nitrogens is 2. The lowest BCUT2D eigenvalue weighted by Crippen LogP contribution is -2.16. The molecule has 0 saturated carbocycles. The fourth-order valence-electron chi connectivity index (χ4n) is 2.97. The topological polar surface area (TPSA) is 84.0 Å². The Morgan fingerprint density at radius 3 is 2.10 bits per heavy atom. The first-order chi connectivity index (χ1) is 14.3. The highest BCUT2D eigenvalue weighted by molar-refractivity contribution is 7.92. The summed E-state index contributed by atoms with van der Waals surface area (Å²) in [6.07, 6.45) is 0. The van der Waals surface area contributed by atoms with Crippen molar-refractivity contribution >= 4 is 50.0 Å². The number of para-hydroxylation sites is 2. The van der Waals surface area contributed by atoms with E-state index in [0.717, 1.165) is 16.8 Å². The Hall–Kier alpha value is -3.16. The summed E-state index contributed by atoms with van der Waals surface area (Å²) in [6, 6.07) is 19.1. The first-order valence-corrected chi connectivity index (χ1v) is 11.1. The van der Waals surface area contributed by atoms with Crippen molar-refractivity contribution < 1.29 is 8.42 Å². The zero-order valence-corrected chi connectivity index (χ0v) is 17.9. The predicted octanol–water partition coefficient (Wildman–Crippen LogP) is 5.44. The average Bonchev–Trinajstić information content (AvgIpc) is 2.72. The van der Waals surface area contributed by atoms with Crippen LogP contribution in [0.15, 0.2) is 71.6 Å². The van der Waals surface area contributed by atoms with E-state index in [1.54, 1.807) is 6.07 Å². The molecule has 0 aliphatic rings. The largest absolute Gasteiger partial charge is 0.337 e. The standard InChI is InChI=1S/C22H19ClN4O2S/c1-14-6-5-9-18(15(14)2)24-21-22(26-20-8-4-3-7-19(20)25-21)27-30(28,29)17-12-10-16(23)11-13-17/h3-13H,1-2H3,(H,24,25)(H,26,27). The first-order valence-electron chi connectivity index (χ1n) is 9.22. The number of sulfonamides is 1. The van der Waals surface area contributed by atoms with Crippen LogP contribution in [0.25, 0.3) is 11.0 Å². The normalized spacial score (nSPS) is 11.4. The number of hydrogen-bond acceptors (Lipinski definition) is 5. The Morgan fingerprint density at radius 2 is 1.43 bits per heavy atom. The first kappa shape index (κ1) is 20.1. The molecule has 0 fully saturated rings. The van der Waals surface area contributed by atoms with Gasteiger partial charge in [-0.1, -0.05) is 35.9 Å². The van der Waals surface area contributed by atoms with Gasteiger partial charge in [0.1, 0.15) is 0 Å². The Balaban J connectivity index is 1.80. The summed E-state index contributed by atoms with van der Waals surface area (Å²) in [5, 5.41) is 3.69. The van der Waals surface area contributed by atoms with Crippen LogP contribution in [0.4, 0.5) is 17.3 Å². The molecule has 152 valence electrons. The van der Waals surface area contributed by atoms with Gasteiger partial charge in [-0.3, -0.25) is 4.72 Å². The van der Waals surface area contributed by atoms with Gasteiger partial charge >= 0.3 is 0 Å². The van der Waals surface area contributed by atoms with Crippen molar-refractivity contribution in [1.82, 2.24) is 9.97 Å². The molecule has 3 aromatic carbocycles. The zero-order chi connectivity index (χ0) is 21.3. The summed E-state index contributed by atoms with van der Waals surface area (Å²) in [6.45, 7) is 4.00. The van der Waals surface area contributed by atoms with E-state index >= 15 is 0 Å². The number of nitrogens with one attached hydrogen (secondary N) is 2. The second-order valence-corrected chi connectivity index (χ2v) is 8.96. The van der Waals surface area contributed by atoms with E-state index in [1.807, 2.05) is 50.2 Å². The van der Waals surface area contributed by atoms with E-state index in [4.69, 9.17) is 11.6 Å². The lowest BCUT2D eigenvalue weighted by molar-refractivity contribution is 0.601. The molecule has 1 aromatic heterocycles. The van der Waals surface area contributed by atoms with Crippen LogP contribution in [-0.2, 0) is 10.0 Å². The number of aryl methyl sites for hydroxylation is 1. The summed E-state index contributed by atoms with van der Waals surface area (Å²) < 4.78 is 28.4. The highest BCUT2D eigenvalue weighted by Crippen LogP contribution is 2.29. The molecular formula is C22H19ClN4O2S. The SMILES string of the molecule is Cc1cccc(Nc2nc3ccccc3nc2NS(=O)(=O)c2ccc(Cl)cc2)c1C. The Kier molecular flexibility index (Phi) is 5.32. The maximum atomic E-state index is 12.9. The predicted molar refractivity (Wildman–Crippen MR) is 121 cm³/mol. The molecule has 0 radical (unpaired) electrons. The van der Waals surface area contributed by atoms with Gasteiger partial charge in [-0.15, -0.1) is 0 Å². The van der Waals surface area contributed by atoms with Crippen molar-refractivity contribution in [3.8, 4) is 0 Å². The highest BCUT2D eigenvalue weighted by Gasteiger charge is 2.19. The summed E-state index contributed by atoms with van der Waals surface area (Å²) in [5.74, 6) is 0.435. The minimum atomic E-state index is -3.88. The number of benzene rings is 3. The van der Waals surface area contributed by atoms with E-state index in [2.05, 4.69) is 20.0 Å². The molecule has 0 aliphatic heterocycles. The van der Waals surface area contributed by atoms with E-state index in [9.17, 15) is 8.42 Å². The van der Waals surface area contributed by atoms with Gasteiger partial charge in [-0.05, 0) is 67.4 Å². The molecule has 4 aromatic rings. The molecule has 2 N–H and O–H groups in total. The molecule has 0 spiro atoms. The van der Waals surface area contributed by atoms with Crippen molar-refractivity contribution in [3.05, 3.63) is 82.9 Å². The van der Waals surface area contributed by atoms with Crippen LogP contribution in [0, 0.1) is 13.8 Å². The number of halogens is 1. The molecule has 0 atom stereocenters. The van der Waals surface area contributed by atoms with Gasteiger partial charge < -0.3 is 5.32 Å². The summed E-state index contributed by atoms with van der Waals surface area (Å²) in [5.41, 5.74) is 4.21. The second kappa shape index (κ2) is 7.93. The minimum Gasteiger partial charge on any atom is -0.337 e. The van der Waals surface area contributed by atoms with Gasteiger partial charge in [0.2, 0.25) is 0 Å². The van der Waals surface area contributed by atoms with Crippen molar-refractivity contribution in [2.24, 2.45) is 0 Å². The summed E-state index contributed by atoms with van der Waals surface area (Å²) in [4.78, 5) is 9.20. The summed E-state index contributed by atoms with van der Waals surface area (Å²) >= 11 is 5.88. The molecule has 4 rings (SSSR count). The second-order valence-electron chi connectivity index (χ2n) is 6.84. The maximum absolute atomic E-state index is 12.9. The van der Waals surface area contributed by atoms with Crippen LogP contribution in [0.5, 0.6) is 0 Å². The molecule has 0 aliphatic carbocycles. The number of hydrogen-bond donors (Lipinski definition) is 2. The van der Waals surface area contributed by atoms with Gasteiger partial charge in [0.25, 0.3) is 10.0 Å². The van der Waals surface area contributed by atoms with Crippen LogP contribution < -0.4 is 10.0 Å². The van der Waals surface area contributed by atoms with Crippen LogP contribution >= 0.6 is 11.6 Å².